The summed E-state index contributed by atoms with van der Waals surface area (Å²) in [5, 5.41) is 10.9. The van der Waals surface area contributed by atoms with Crippen molar-refractivity contribution in [2.24, 2.45) is 7.05 Å². The maximum atomic E-state index is 13.0. The van der Waals surface area contributed by atoms with E-state index >= 15 is 0 Å². The second-order valence-corrected chi connectivity index (χ2v) is 7.83. The third-order valence-corrected chi connectivity index (χ3v) is 5.57. The number of hydrogen-bond acceptors (Lipinski definition) is 6. The van der Waals surface area contributed by atoms with Crippen LogP contribution in [0.4, 0.5) is 5.13 Å². The standard InChI is InChI=1S/C20H18ClN5O2S/c1-10-7-13(17-11(2)25-26(3)18(17)22-10)19(27)24-20-23-15(9-29-20)12-5-6-16(28-4)14(21)8-12/h5-9H,1-4H3,(H,23,24,27). The minimum Gasteiger partial charge on any atom is -0.495 e. The van der Waals surface area contributed by atoms with Crippen molar-refractivity contribution >= 4 is 45.0 Å². The quantitative estimate of drug-likeness (QED) is 0.513. The van der Waals surface area contributed by atoms with Crippen LogP contribution in [0.15, 0.2) is 29.6 Å². The molecule has 9 heteroatoms. The van der Waals surface area contributed by atoms with E-state index in [1.54, 1.807) is 30.0 Å². The first kappa shape index (κ1) is 19.4. The molecule has 0 saturated heterocycles. The Morgan fingerprint density at radius 2 is 2.03 bits per heavy atom. The Bertz CT molecular complexity index is 1250. The van der Waals surface area contributed by atoms with Gasteiger partial charge in [0.25, 0.3) is 5.91 Å². The number of nitrogens with zero attached hydrogens (tertiary/aromatic N) is 4. The number of rotatable bonds is 4. The van der Waals surface area contributed by atoms with Gasteiger partial charge in [0.15, 0.2) is 10.8 Å². The van der Waals surface area contributed by atoms with E-state index in [0.717, 1.165) is 28.0 Å². The van der Waals surface area contributed by atoms with Gasteiger partial charge in [-0.2, -0.15) is 5.10 Å². The number of carbonyl (C=O) groups excluding carboxylic acids is 1. The Morgan fingerprint density at radius 3 is 2.76 bits per heavy atom. The van der Waals surface area contributed by atoms with Crippen LogP contribution in [-0.4, -0.2) is 32.8 Å². The second-order valence-electron chi connectivity index (χ2n) is 6.56. The zero-order valence-corrected chi connectivity index (χ0v) is 17.9. The summed E-state index contributed by atoms with van der Waals surface area (Å²) in [7, 11) is 3.38. The van der Waals surface area contributed by atoms with E-state index in [2.05, 4.69) is 20.4 Å². The lowest BCUT2D eigenvalue weighted by atomic mass is 10.1. The number of anilines is 1. The van der Waals surface area contributed by atoms with Crippen molar-refractivity contribution in [3.8, 4) is 17.0 Å². The summed E-state index contributed by atoms with van der Waals surface area (Å²) in [6.07, 6.45) is 0. The molecule has 7 nitrogen and oxygen atoms in total. The second kappa shape index (κ2) is 7.46. The van der Waals surface area contributed by atoms with E-state index in [1.807, 2.05) is 32.3 Å². The molecule has 1 N–H and O–H groups in total. The van der Waals surface area contributed by atoms with Gasteiger partial charge in [-0.25, -0.2) is 9.97 Å². The largest absolute Gasteiger partial charge is 0.495 e. The molecule has 0 spiro atoms. The topological polar surface area (TPSA) is 81.9 Å². The number of pyridine rings is 1. The fourth-order valence-electron chi connectivity index (χ4n) is 3.20. The molecule has 3 aromatic heterocycles. The maximum Gasteiger partial charge on any atom is 0.258 e. The Hall–Kier alpha value is -2.97. The predicted molar refractivity (Wildman–Crippen MR) is 115 cm³/mol. The van der Waals surface area contributed by atoms with Gasteiger partial charge < -0.3 is 4.74 Å². The first-order chi connectivity index (χ1) is 13.9. The molecule has 0 saturated carbocycles. The summed E-state index contributed by atoms with van der Waals surface area (Å²) in [6.45, 7) is 3.72. The minimum absolute atomic E-state index is 0.245. The molecule has 3 heterocycles. The highest BCUT2D eigenvalue weighted by atomic mass is 35.5. The first-order valence-corrected chi connectivity index (χ1v) is 10.0. The average molecular weight is 428 g/mol. The molecule has 0 radical (unpaired) electrons. The number of hydrogen-bond donors (Lipinski definition) is 1. The van der Waals surface area contributed by atoms with Crippen LogP contribution in [-0.2, 0) is 7.05 Å². The molecule has 0 atom stereocenters. The Morgan fingerprint density at radius 1 is 1.24 bits per heavy atom. The zero-order chi connectivity index (χ0) is 20.7. The van der Waals surface area contributed by atoms with Crippen LogP contribution in [0.2, 0.25) is 5.02 Å². The average Bonchev–Trinajstić information content (AvgIpc) is 3.25. The molecule has 29 heavy (non-hydrogen) atoms. The molecule has 0 unspecified atom stereocenters. The molecule has 0 aliphatic carbocycles. The molecule has 4 aromatic rings. The Kier molecular flexibility index (Phi) is 4.97. The van der Waals surface area contributed by atoms with Crippen molar-refractivity contribution < 1.29 is 9.53 Å². The minimum atomic E-state index is -0.245. The van der Waals surface area contributed by atoms with Crippen molar-refractivity contribution in [1.29, 1.82) is 0 Å². The third kappa shape index (κ3) is 3.56. The van der Waals surface area contributed by atoms with Gasteiger partial charge in [0.1, 0.15) is 5.75 Å². The number of ether oxygens (including phenoxy) is 1. The molecule has 0 aliphatic heterocycles. The number of benzene rings is 1. The number of aromatic nitrogens is 4. The van der Waals surface area contributed by atoms with Crippen molar-refractivity contribution in [2.75, 3.05) is 12.4 Å². The molecular weight excluding hydrogens is 410 g/mol. The van der Waals surface area contributed by atoms with Gasteiger partial charge in [0, 0.05) is 23.7 Å². The van der Waals surface area contributed by atoms with Gasteiger partial charge in [-0.3, -0.25) is 14.8 Å². The SMILES string of the molecule is COc1ccc(-c2csc(NC(=O)c3cc(C)nc4c3c(C)nn4C)n2)cc1Cl. The summed E-state index contributed by atoms with van der Waals surface area (Å²) in [5.41, 5.74) is 4.29. The van der Waals surface area contributed by atoms with Crippen LogP contribution in [0.1, 0.15) is 21.7 Å². The lowest BCUT2D eigenvalue weighted by Gasteiger charge is -2.06. The van der Waals surface area contributed by atoms with Crippen molar-refractivity contribution in [2.45, 2.75) is 13.8 Å². The highest BCUT2D eigenvalue weighted by molar-refractivity contribution is 7.14. The van der Waals surface area contributed by atoms with E-state index in [0.29, 0.717) is 27.1 Å². The highest BCUT2D eigenvalue weighted by Crippen LogP contribution is 2.32. The van der Waals surface area contributed by atoms with Gasteiger partial charge in [0.05, 0.1) is 34.5 Å². The number of amides is 1. The molecule has 1 aromatic carbocycles. The number of aryl methyl sites for hydroxylation is 3. The number of methoxy groups -OCH3 is 1. The fraction of sp³-hybridized carbons (Fsp3) is 0.200. The molecule has 4 rings (SSSR count). The van der Waals surface area contributed by atoms with E-state index in [-0.39, 0.29) is 5.91 Å². The summed E-state index contributed by atoms with van der Waals surface area (Å²) in [4.78, 5) is 22.0. The molecule has 148 valence electrons. The predicted octanol–water partition coefficient (Wildman–Crippen LogP) is 4.62. The number of thiazole rings is 1. The lowest BCUT2D eigenvalue weighted by Crippen LogP contribution is -2.13. The number of fused-ring (bicyclic) bond motifs is 1. The fourth-order valence-corrected chi connectivity index (χ4v) is 4.18. The molecular formula is C20H18ClN5O2S. The molecule has 1 amide bonds. The summed E-state index contributed by atoms with van der Waals surface area (Å²) >= 11 is 7.55. The van der Waals surface area contributed by atoms with Crippen molar-refractivity contribution in [1.82, 2.24) is 19.7 Å². The van der Waals surface area contributed by atoms with Crippen LogP contribution < -0.4 is 10.1 Å². The van der Waals surface area contributed by atoms with E-state index < -0.39 is 0 Å². The van der Waals surface area contributed by atoms with Crippen LogP contribution in [0, 0.1) is 13.8 Å². The Labute approximate surface area is 176 Å². The monoisotopic (exact) mass is 427 g/mol. The summed E-state index contributed by atoms with van der Waals surface area (Å²) < 4.78 is 6.86. The number of halogens is 1. The van der Waals surface area contributed by atoms with Crippen LogP contribution in [0.25, 0.3) is 22.3 Å². The number of carbonyl (C=O) groups is 1. The third-order valence-electron chi connectivity index (χ3n) is 4.51. The smallest absolute Gasteiger partial charge is 0.258 e. The van der Waals surface area contributed by atoms with E-state index in [1.165, 1.54) is 11.3 Å². The van der Waals surface area contributed by atoms with Crippen LogP contribution >= 0.6 is 22.9 Å². The zero-order valence-electron chi connectivity index (χ0n) is 16.3. The molecule has 0 aliphatic rings. The number of nitrogens with one attached hydrogen (secondary N) is 1. The molecule has 0 bridgehead atoms. The van der Waals surface area contributed by atoms with Gasteiger partial charge in [-0.1, -0.05) is 11.6 Å². The van der Waals surface area contributed by atoms with Gasteiger partial charge >= 0.3 is 0 Å². The first-order valence-electron chi connectivity index (χ1n) is 8.79. The Balaban J connectivity index is 1.64. The summed E-state index contributed by atoms with van der Waals surface area (Å²) in [5.74, 6) is 0.355. The van der Waals surface area contributed by atoms with Gasteiger partial charge in [-0.15, -0.1) is 11.3 Å². The van der Waals surface area contributed by atoms with Crippen LogP contribution in [0.5, 0.6) is 5.75 Å². The van der Waals surface area contributed by atoms with E-state index in [9.17, 15) is 4.79 Å². The maximum absolute atomic E-state index is 13.0. The van der Waals surface area contributed by atoms with Crippen molar-refractivity contribution in [3.63, 3.8) is 0 Å². The normalized spacial score (nSPS) is 11.1. The van der Waals surface area contributed by atoms with Gasteiger partial charge in [0.2, 0.25) is 0 Å². The van der Waals surface area contributed by atoms with Gasteiger partial charge in [-0.05, 0) is 38.1 Å². The molecule has 0 fully saturated rings. The highest BCUT2D eigenvalue weighted by Gasteiger charge is 2.19. The van der Waals surface area contributed by atoms with E-state index in [4.69, 9.17) is 16.3 Å². The van der Waals surface area contributed by atoms with Crippen LogP contribution in [0.3, 0.4) is 0 Å². The van der Waals surface area contributed by atoms with Crippen molar-refractivity contribution in [3.05, 3.63) is 51.6 Å². The summed E-state index contributed by atoms with van der Waals surface area (Å²) in [6, 6.07) is 7.22. The lowest BCUT2D eigenvalue weighted by molar-refractivity contribution is 0.102.